The van der Waals surface area contributed by atoms with Gasteiger partial charge in [-0.1, -0.05) is 44.2 Å². The van der Waals surface area contributed by atoms with Crippen molar-refractivity contribution < 1.29 is 4.74 Å². The Morgan fingerprint density at radius 1 is 1.00 bits per heavy atom. The first-order chi connectivity index (χ1) is 11.9. The maximum absolute atomic E-state index is 5.35. The molecule has 0 amide bonds. The van der Waals surface area contributed by atoms with E-state index < -0.39 is 0 Å². The van der Waals surface area contributed by atoms with Gasteiger partial charge >= 0.3 is 0 Å². The Balaban J connectivity index is 2.13. The van der Waals surface area contributed by atoms with Crippen molar-refractivity contribution in [3.8, 4) is 5.75 Å². The lowest BCUT2D eigenvalue weighted by Gasteiger charge is -2.29. The van der Waals surface area contributed by atoms with Crippen molar-refractivity contribution in [1.29, 1.82) is 0 Å². The summed E-state index contributed by atoms with van der Waals surface area (Å²) >= 11 is 0. The van der Waals surface area contributed by atoms with Crippen LogP contribution in [0.4, 0.5) is 5.69 Å². The molecule has 0 spiro atoms. The minimum atomic E-state index is 0.152. The van der Waals surface area contributed by atoms with Gasteiger partial charge in [0.15, 0.2) is 0 Å². The van der Waals surface area contributed by atoms with E-state index in [9.17, 15) is 0 Å². The fourth-order valence-corrected chi connectivity index (χ4v) is 3.36. The highest BCUT2D eigenvalue weighted by molar-refractivity contribution is 5.51. The van der Waals surface area contributed by atoms with Crippen molar-refractivity contribution >= 4 is 5.69 Å². The molecule has 0 aromatic heterocycles. The summed E-state index contributed by atoms with van der Waals surface area (Å²) in [6.45, 7) is 9.69. The highest BCUT2D eigenvalue weighted by Crippen LogP contribution is 2.26. The molecule has 0 saturated heterocycles. The van der Waals surface area contributed by atoms with Crippen molar-refractivity contribution in [1.82, 2.24) is 4.90 Å². The number of anilines is 1. The molecule has 0 aliphatic carbocycles. The Morgan fingerprint density at radius 2 is 1.68 bits per heavy atom. The maximum atomic E-state index is 5.35. The van der Waals surface area contributed by atoms with E-state index in [0.717, 1.165) is 25.4 Å². The summed E-state index contributed by atoms with van der Waals surface area (Å²) in [5, 5.41) is 0. The van der Waals surface area contributed by atoms with E-state index in [1.807, 2.05) is 12.1 Å². The van der Waals surface area contributed by atoms with Crippen LogP contribution in [-0.4, -0.2) is 39.2 Å². The Kier molecular flexibility index (Phi) is 6.49. The molecule has 0 atom stereocenters. The van der Waals surface area contributed by atoms with Crippen LogP contribution in [0.5, 0.6) is 5.75 Å². The molecule has 0 radical (unpaired) electrons. The zero-order valence-electron chi connectivity index (χ0n) is 16.5. The van der Waals surface area contributed by atoms with Gasteiger partial charge in [0, 0.05) is 36.8 Å². The number of benzene rings is 2. The molecule has 0 saturated carbocycles. The van der Waals surface area contributed by atoms with Gasteiger partial charge in [0.05, 0.1) is 7.11 Å². The summed E-state index contributed by atoms with van der Waals surface area (Å²) < 4.78 is 5.35. The molecule has 0 aliphatic heterocycles. The molecule has 3 nitrogen and oxygen atoms in total. The van der Waals surface area contributed by atoms with Gasteiger partial charge in [-0.05, 0) is 44.3 Å². The number of likely N-dealkylation sites (N-methyl/N-ethyl adjacent to an activating group) is 1. The quantitative estimate of drug-likeness (QED) is 0.700. The number of hydrogen-bond donors (Lipinski definition) is 0. The number of methoxy groups -OCH3 is 1. The summed E-state index contributed by atoms with van der Waals surface area (Å²) in [5.74, 6) is 0.900. The van der Waals surface area contributed by atoms with Crippen LogP contribution >= 0.6 is 0 Å². The first kappa shape index (κ1) is 19.3. The lowest BCUT2D eigenvalue weighted by molar-refractivity contribution is 0.315. The van der Waals surface area contributed by atoms with Crippen LogP contribution in [0.1, 0.15) is 31.9 Å². The van der Waals surface area contributed by atoms with Crippen molar-refractivity contribution in [2.45, 2.75) is 32.7 Å². The first-order valence-corrected chi connectivity index (χ1v) is 8.99. The monoisotopic (exact) mass is 340 g/mol. The van der Waals surface area contributed by atoms with Crippen molar-refractivity contribution in [3.63, 3.8) is 0 Å². The number of ether oxygens (including phenoxy) is 1. The average Bonchev–Trinajstić information content (AvgIpc) is 2.59. The highest BCUT2D eigenvalue weighted by Gasteiger charge is 2.21. The molecule has 0 N–H and O–H groups in total. The third kappa shape index (κ3) is 5.23. The van der Waals surface area contributed by atoms with Crippen LogP contribution in [0.2, 0.25) is 0 Å². The molecule has 136 valence electrons. The normalized spacial score (nSPS) is 11.6. The third-order valence-electron chi connectivity index (χ3n) is 4.62. The number of hydrogen-bond acceptors (Lipinski definition) is 3. The summed E-state index contributed by atoms with van der Waals surface area (Å²) in [6, 6.07) is 17.3. The molecular formula is C22H32N2O. The summed E-state index contributed by atoms with van der Waals surface area (Å²) in [6.07, 6.45) is 0. The number of nitrogens with zero attached hydrogens (tertiary/aromatic N) is 2. The van der Waals surface area contributed by atoms with Crippen LogP contribution in [0.25, 0.3) is 0 Å². The van der Waals surface area contributed by atoms with E-state index in [1.54, 1.807) is 7.11 Å². The summed E-state index contributed by atoms with van der Waals surface area (Å²) in [5.41, 5.74) is 4.06. The van der Waals surface area contributed by atoms with Crippen molar-refractivity contribution in [2.75, 3.05) is 39.2 Å². The Morgan fingerprint density at radius 3 is 2.24 bits per heavy atom. The summed E-state index contributed by atoms with van der Waals surface area (Å²) in [7, 11) is 5.97. The largest absolute Gasteiger partial charge is 0.497 e. The van der Waals surface area contributed by atoms with Crippen LogP contribution in [0, 0.1) is 0 Å². The van der Waals surface area contributed by atoms with E-state index in [1.165, 1.54) is 16.8 Å². The van der Waals surface area contributed by atoms with Gasteiger partial charge < -0.3 is 14.5 Å². The molecule has 25 heavy (non-hydrogen) atoms. The Bertz CT molecular complexity index is 662. The van der Waals surface area contributed by atoms with Gasteiger partial charge in [0.2, 0.25) is 0 Å². The molecule has 0 fully saturated rings. The smallest absolute Gasteiger partial charge is 0.120 e. The molecule has 2 rings (SSSR count). The Hall–Kier alpha value is -2.00. The van der Waals surface area contributed by atoms with Gasteiger partial charge in [0.25, 0.3) is 0 Å². The predicted octanol–water partition coefficient (Wildman–Crippen LogP) is 4.56. The first-order valence-electron chi connectivity index (χ1n) is 8.99. The molecule has 2 aromatic rings. The lowest BCUT2D eigenvalue weighted by atomic mass is 9.84. The molecule has 0 aliphatic rings. The van der Waals surface area contributed by atoms with E-state index in [4.69, 9.17) is 4.74 Å². The molecule has 3 heteroatoms. The second kappa shape index (κ2) is 8.39. The van der Waals surface area contributed by atoms with Crippen LogP contribution in [0.15, 0.2) is 48.5 Å². The molecule has 0 unspecified atom stereocenters. The van der Waals surface area contributed by atoms with Gasteiger partial charge in [-0.2, -0.15) is 0 Å². The lowest BCUT2D eigenvalue weighted by Crippen LogP contribution is -2.32. The SMILES string of the molecule is CCN(Cc1ccc(C(C)(C)CN(C)C)cc1)c1cccc(OC)c1. The zero-order chi connectivity index (χ0) is 18.4. The highest BCUT2D eigenvalue weighted by atomic mass is 16.5. The van der Waals surface area contributed by atoms with Crippen LogP contribution in [0.3, 0.4) is 0 Å². The summed E-state index contributed by atoms with van der Waals surface area (Å²) in [4.78, 5) is 4.61. The minimum absolute atomic E-state index is 0.152. The molecular weight excluding hydrogens is 308 g/mol. The maximum Gasteiger partial charge on any atom is 0.120 e. The molecule has 0 bridgehead atoms. The number of rotatable bonds is 8. The topological polar surface area (TPSA) is 15.7 Å². The standard InChI is InChI=1S/C22H32N2O/c1-7-24(20-9-8-10-21(15-20)25-6)16-18-11-13-19(14-12-18)22(2,3)17-23(4)5/h8-15H,7,16-17H2,1-6H3. The van der Waals surface area contributed by atoms with Gasteiger partial charge in [-0.15, -0.1) is 0 Å². The Labute approximate surface area is 153 Å². The van der Waals surface area contributed by atoms with Crippen LogP contribution in [-0.2, 0) is 12.0 Å². The zero-order valence-corrected chi connectivity index (χ0v) is 16.5. The van der Waals surface area contributed by atoms with Gasteiger partial charge in [-0.25, -0.2) is 0 Å². The van der Waals surface area contributed by atoms with Crippen LogP contribution < -0.4 is 9.64 Å². The van der Waals surface area contributed by atoms with Crippen molar-refractivity contribution in [2.24, 2.45) is 0 Å². The fourth-order valence-electron chi connectivity index (χ4n) is 3.36. The van der Waals surface area contributed by atoms with Gasteiger partial charge in [0.1, 0.15) is 5.75 Å². The molecule has 2 aromatic carbocycles. The second-order valence-corrected chi connectivity index (χ2v) is 7.53. The second-order valence-electron chi connectivity index (χ2n) is 7.53. The van der Waals surface area contributed by atoms with E-state index in [-0.39, 0.29) is 5.41 Å². The predicted molar refractivity (Wildman–Crippen MR) is 108 cm³/mol. The van der Waals surface area contributed by atoms with E-state index >= 15 is 0 Å². The minimum Gasteiger partial charge on any atom is -0.497 e. The molecule has 0 heterocycles. The third-order valence-corrected chi connectivity index (χ3v) is 4.62. The van der Waals surface area contributed by atoms with E-state index in [2.05, 4.69) is 81.1 Å². The van der Waals surface area contributed by atoms with Gasteiger partial charge in [-0.3, -0.25) is 0 Å². The van der Waals surface area contributed by atoms with E-state index in [0.29, 0.717) is 0 Å². The fraction of sp³-hybridized carbons (Fsp3) is 0.455. The average molecular weight is 341 g/mol. The van der Waals surface area contributed by atoms with Crippen molar-refractivity contribution in [3.05, 3.63) is 59.7 Å².